The molecule has 1 heterocycles. The van der Waals surface area contributed by atoms with Gasteiger partial charge in [0.1, 0.15) is 11.9 Å². The highest BCUT2D eigenvalue weighted by Gasteiger charge is 2.27. The molecule has 0 aromatic carbocycles. The highest BCUT2D eigenvalue weighted by atomic mass is 19.3. The maximum absolute atomic E-state index is 11.8. The van der Waals surface area contributed by atoms with Crippen molar-refractivity contribution in [3.63, 3.8) is 0 Å². The van der Waals surface area contributed by atoms with Crippen molar-refractivity contribution in [2.45, 2.75) is 25.4 Å². The molecule has 1 aliphatic heterocycles. The van der Waals surface area contributed by atoms with Crippen LogP contribution in [0.25, 0.3) is 0 Å². The summed E-state index contributed by atoms with van der Waals surface area (Å²) in [6, 6.07) is 0. The molecular weight excluding hydrogens is 142 g/mol. The summed E-state index contributed by atoms with van der Waals surface area (Å²) in [5.74, 6) is -0.128. The molecule has 0 saturated carbocycles. The van der Waals surface area contributed by atoms with Crippen LogP contribution < -0.4 is 0 Å². The van der Waals surface area contributed by atoms with Crippen molar-refractivity contribution in [1.29, 1.82) is 0 Å². The highest BCUT2D eigenvalue weighted by Crippen LogP contribution is 2.15. The molecule has 1 fully saturated rings. The van der Waals surface area contributed by atoms with E-state index < -0.39 is 12.5 Å². The molecular formula is C6H8F2O2. The van der Waals surface area contributed by atoms with Gasteiger partial charge in [0.25, 0.3) is 6.43 Å². The molecule has 0 aliphatic carbocycles. The van der Waals surface area contributed by atoms with Gasteiger partial charge in [0.15, 0.2) is 0 Å². The molecule has 1 unspecified atom stereocenters. The molecule has 10 heavy (non-hydrogen) atoms. The molecule has 0 aromatic heterocycles. The van der Waals surface area contributed by atoms with Gasteiger partial charge in [-0.25, -0.2) is 8.78 Å². The van der Waals surface area contributed by atoms with Crippen LogP contribution in [-0.2, 0) is 9.53 Å². The fourth-order valence-electron chi connectivity index (χ4n) is 0.871. The van der Waals surface area contributed by atoms with Gasteiger partial charge in [0.2, 0.25) is 0 Å². The lowest BCUT2D eigenvalue weighted by atomic mass is 10.1. The van der Waals surface area contributed by atoms with E-state index in [-0.39, 0.29) is 25.2 Å². The second kappa shape index (κ2) is 3.05. The minimum Gasteiger partial charge on any atom is -0.371 e. The molecule has 0 amide bonds. The lowest BCUT2D eigenvalue weighted by molar-refractivity contribution is -0.137. The maximum atomic E-state index is 11.8. The molecule has 0 radical (unpaired) electrons. The Bertz CT molecular complexity index is 136. The number of alkyl halides is 2. The Labute approximate surface area is 57.2 Å². The van der Waals surface area contributed by atoms with Crippen LogP contribution in [0.15, 0.2) is 0 Å². The number of hydrogen-bond donors (Lipinski definition) is 0. The van der Waals surface area contributed by atoms with E-state index in [4.69, 9.17) is 0 Å². The Balaban J connectivity index is 2.39. The van der Waals surface area contributed by atoms with E-state index in [1.54, 1.807) is 0 Å². The van der Waals surface area contributed by atoms with Crippen molar-refractivity contribution < 1.29 is 18.3 Å². The van der Waals surface area contributed by atoms with Gasteiger partial charge >= 0.3 is 0 Å². The van der Waals surface area contributed by atoms with Crippen molar-refractivity contribution in [3.8, 4) is 0 Å². The van der Waals surface area contributed by atoms with Crippen molar-refractivity contribution >= 4 is 5.78 Å². The molecule has 0 aromatic rings. The molecule has 1 saturated heterocycles. The van der Waals surface area contributed by atoms with Crippen LogP contribution in [0.3, 0.4) is 0 Å². The number of ketones is 1. The van der Waals surface area contributed by atoms with Crippen LogP contribution in [0.1, 0.15) is 12.8 Å². The van der Waals surface area contributed by atoms with Crippen LogP contribution in [0.5, 0.6) is 0 Å². The largest absolute Gasteiger partial charge is 0.371 e. The highest BCUT2D eigenvalue weighted by molar-refractivity contribution is 5.79. The first-order valence-electron chi connectivity index (χ1n) is 3.11. The number of rotatable bonds is 1. The smallest absolute Gasteiger partial charge is 0.264 e. The summed E-state index contributed by atoms with van der Waals surface area (Å²) in [6.07, 6.45) is -3.52. The molecule has 1 aliphatic rings. The fraction of sp³-hybridized carbons (Fsp3) is 0.833. The Hall–Kier alpha value is -0.510. The lowest BCUT2D eigenvalue weighted by Crippen LogP contribution is -2.31. The first-order valence-corrected chi connectivity index (χ1v) is 3.11. The van der Waals surface area contributed by atoms with E-state index in [0.29, 0.717) is 0 Å². The first-order chi connectivity index (χ1) is 4.70. The maximum Gasteiger partial charge on any atom is 0.264 e. The van der Waals surface area contributed by atoms with Crippen LogP contribution >= 0.6 is 0 Å². The fourth-order valence-corrected chi connectivity index (χ4v) is 0.871. The molecule has 1 rings (SSSR count). The normalized spacial score (nSPS) is 27.5. The van der Waals surface area contributed by atoms with Crippen LogP contribution in [0.2, 0.25) is 0 Å². The number of carbonyl (C=O) groups is 1. The third kappa shape index (κ3) is 1.73. The Morgan fingerprint density at radius 1 is 1.60 bits per heavy atom. The minimum absolute atomic E-state index is 0.127. The topological polar surface area (TPSA) is 26.3 Å². The van der Waals surface area contributed by atoms with Crippen LogP contribution in [0, 0.1) is 0 Å². The van der Waals surface area contributed by atoms with Crippen LogP contribution in [0.4, 0.5) is 8.78 Å². The summed E-state index contributed by atoms with van der Waals surface area (Å²) in [4.78, 5) is 10.6. The van der Waals surface area contributed by atoms with Crippen molar-refractivity contribution in [1.82, 2.24) is 0 Å². The number of hydrogen-bond acceptors (Lipinski definition) is 2. The van der Waals surface area contributed by atoms with E-state index in [1.165, 1.54) is 0 Å². The van der Waals surface area contributed by atoms with E-state index >= 15 is 0 Å². The minimum atomic E-state index is -2.52. The van der Waals surface area contributed by atoms with E-state index in [1.807, 2.05) is 0 Å². The SMILES string of the molecule is O=C1CCOC(C(F)F)C1. The van der Waals surface area contributed by atoms with Gasteiger partial charge in [0.05, 0.1) is 6.61 Å². The molecule has 58 valence electrons. The zero-order chi connectivity index (χ0) is 7.56. The molecule has 1 atom stereocenters. The molecule has 0 bridgehead atoms. The molecule has 0 spiro atoms. The summed E-state index contributed by atoms with van der Waals surface area (Å²) in [6.45, 7) is 0.147. The van der Waals surface area contributed by atoms with Crippen molar-refractivity contribution in [2.24, 2.45) is 0 Å². The molecule has 0 N–H and O–H groups in total. The van der Waals surface area contributed by atoms with Gasteiger partial charge in [-0.1, -0.05) is 0 Å². The van der Waals surface area contributed by atoms with Gasteiger partial charge in [-0.15, -0.1) is 0 Å². The summed E-state index contributed by atoms with van der Waals surface area (Å²) in [5.41, 5.74) is 0. The standard InChI is InChI=1S/C6H8F2O2/c7-6(8)5-3-4(9)1-2-10-5/h5-6H,1-3H2. The monoisotopic (exact) mass is 150 g/mol. The van der Waals surface area contributed by atoms with Crippen LogP contribution in [-0.4, -0.2) is 24.9 Å². The zero-order valence-electron chi connectivity index (χ0n) is 5.35. The van der Waals surface area contributed by atoms with Gasteiger partial charge in [-0.05, 0) is 0 Å². The Morgan fingerprint density at radius 2 is 2.30 bits per heavy atom. The number of carbonyl (C=O) groups excluding carboxylic acids is 1. The third-order valence-corrected chi connectivity index (χ3v) is 1.42. The summed E-state index contributed by atoms with van der Waals surface area (Å²) in [5, 5.41) is 0. The summed E-state index contributed by atoms with van der Waals surface area (Å²) < 4.78 is 28.3. The van der Waals surface area contributed by atoms with E-state index in [2.05, 4.69) is 4.74 Å². The second-order valence-electron chi connectivity index (χ2n) is 2.24. The predicted molar refractivity (Wildman–Crippen MR) is 30.0 cm³/mol. The number of Topliss-reactive ketones (excluding diaryl/α,β-unsaturated/α-hetero) is 1. The zero-order valence-corrected chi connectivity index (χ0v) is 5.35. The van der Waals surface area contributed by atoms with E-state index in [0.717, 1.165) is 0 Å². The third-order valence-electron chi connectivity index (χ3n) is 1.42. The number of ether oxygens (including phenoxy) is 1. The van der Waals surface area contributed by atoms with Gasteiger partial charge in [-0.2, -0.15) is 0 Å². The summed E-state index contributed by atoms with van der Waals surface area (Å²) >= 11 is 0. The second-order valence-corrected chi connectivity index (χ2v) is 2.24. The summed E-state index contributed by atoms with van der Waals surface area (Å²) in [7, 11) is 0. The van der Waals surface area contributed by atoms with Gasteiger partial charge < -0.3 is 4.74 Å². The predicted octanol–water partition coefficient (Wildman–Crippen LogP) is 1.000. The van der Waals surface area contributed by atoms with Gasteiger partial charge in [-0.3, -0.25) is 4.79 Å². The number of halogens is 2. The lowest BCUT2D eigenvalue weighted by Gasteiger charge is -2.20. The average molecular weight is 150 g/mol. The Morgan fingerprint density at radius 3 is 2.70 bits per heavy atom. The molecule has 2 nitrogen and oxygen atoms in total. The van der Waals surface area contributed by atoms with Gasteiger partial charge in [0, 0.05) is 12.8 Å². The van der Waals surface area contributed by atoms with E-state index in [9.17, 15) is 13.6 Å². The van der Waals surface area contributed by atoms with Crippen molar-refractivity contribution in [2.75, 3.05) is 6.61 Å². The first kappa shape index (κ1) is 7.60. The quantitative estimate of drug-likeness (QED) is 0.557. The Kier molecular flexibility index (Phi) is 2.32. The van der Waals surface area contributed by atoms with Crippen molar-refractivity contribution in [3.05, 3.63) is 0 Å². The molecule has 4 heteroatoms. The average Bonchev–Trinajstić information content (AvgIpc) is 1.88.